The Balaban J connectivity index is 2.20. The van der Waals surface area contributed by atoms with Crippen molar-refractivity contribution in [2.75, 3.05) is 13.6 Å². The van der Waals surface area contributed by atoms with Gasteiger partial charge in [-0.1, -0.05) is 30.9 Å². The molecule has 2 rings (SSSR count). The Morgan fingerprint density at radius 1 is 1.44 bits per heavy atom. The first kappa shape index (κ1) is 13.3. The molecule has 1 saturated carbocycles. The van der Waals surface area contributed by atoms with Gasteiger partial charge in [0.1, 0.15) is 0 Å². The average Bonchev–Trinajstić information content (AvgIpc) is 2.68. The molecule has 1 fully saturated rings. The van der Waals surface area contributed by atoms with Crippen LogP contribution >= 0.6 is 0 Å². The quantitative estimate of drug-likeness (QED) is 0.886. The van der Waals surface area contributed by atoms with Crippen LogP contribution in [0.2, 0.25) is 0 Å². The Kier molecular flexibility index (Phi) is 4.59. The Hall–Kier alpha value is -1.09. The molecule has 0 saturated heterocycles. The summed E-state index contributed by atoms with van der Waals surface area (Å²) in [7, 11) is 4.02. The molecule has 0 atom stereocenters. The molecule has 1 aliphatic carbocycles. The Morgan fingerprint density at radius 3 is 2.72 bits per heavy atom. The van der Waals surface area contributed by atoms with Crippen LogP contribution in [0.3, 0.4) is 0 Å². The minimum absolute atomic E-state index is 0.769. The average molecular weight is 247 g/mol. The van der Waals surface area contributed by atoms with E-state index < -0.39 is 0 Å². The van der Waals surface area contributed by atoms with Gasteiger partial charge in [0.25, 0.3) is 0 Å². The van der Waals surface area contributed by atoms with Gasteiger partial charge >= 0.3 is 0 Å². The highest BCUT2D eigenvalue weighted by Crippen LogP contribution is 2.30. The molecular weight excluding hydrogens is 222 g/mol. The molecule has 0 aromatic carbocycles. The molecular formula is C15H25N3. The molecule has 0 spiro atoms. The summed E-state index contributed by atoms with van der Waals surface area (Å²) in [4.78, 5) is 0. The number of likely N-dealkylation sites (N-methyl/N-ethyl adjacent to an activating group) is 1. The molecule has 3 heteroatoms. The molecule has 1 aromatic heterocycles. The normalized spacial score (nSPS) is 18.3. The van der Waals surface area contributed by atoms with E-state index in [4.69, 9.17) is 0 Å². The lowest BCUT2D eigenvalue weighted by Gasteiger charge is -2.24. The van der Waals surface area contributed by atoms with Crippen molar-refractivity contribution in [2.24, 2.45) is 13.0 Å². The van der Waals surface area contributed by atoms with Gasteiger partial charge in [-0.3, -0.25) is 4.68 Å². The molecule has 0 unspecified atom stereocenters. The summed E-state index contributed by atoms with van der Waals surface area (Å²) in [6.45, 7) is 3.09. The number of hydrogen-bond donors (Lipinski definition) is 1. The van der Waals surface area contributed by atoms with E-state index in [1.54, 1.807) is 5.57 Å². The van der Waals surface area contributed by atoms with Crippen molar-refractivity contribution < 1.29 is 0 Å². The van der Waals surface area contributed by atoms with Gasteiger partial charge < -0.3 is 5.32 Å². The lowest BCUT2D eigenvalue weighted by atomic mass is 9.83. The fraction of sp³-hybridized carbons (Fsp3) is 0.667. The third kappa shape index (κ3) is 3.22. The predicted octanol–water partition coefficient (Wildman–Crippen LogP) is 2.91. The van der Waals surface area contributed by atoms with Crippen molar-refractivity contribution in [3.63, 3.8) is 0 Å². The Labute approximate surface area is 110 Å². The summed E-state index contributed by atoms with van der Waals surface area (Å²) in [6.07, 6.45) is 11.4. The summed E-state index contributed by atoms with van der Waals surface area (Å²) < 4.78 is 1.90. The Morgan fingerprint density at radius 2 is 2.17 bits per heavy atom. The van der Waals surface area contributed by atoms with Gasteiger partial charge in [-0.2, -0.15) is 5.10 Å². The van der Waals surface area contributed by atoms with E-state index in [0.717, 1.165) is 18.2 Å². The summed E-state index contributed by atoms with van der Waals surface area (Å²) in [5.41, 5.74) is 3.95. The SMILES string of the molecule is CNCC(=Cc1cn(C)nc1C)C1CCCCC1. The van der Waals surface area contributed by atoms with Crippen LogP contribution in [0.25, 0.3) is 6.08 Å². The molecule has 18 heavy (non-hydrogen) atoms. The second-order valence-electron chi connectivity index (χ2n) is 5.43. The first-order chi connectivity index (χ1) is 8.70. The maximum absolute atomic E-state index is 4.42. The summed E-state index contributed by atoms with van der Waals surface area (Å²) >= 11 is 0. The second-order valence-corrected chi connectivity index (χ2v) is 5.43. The molecule has 100 valence electrons. The highest BCUT2D eigenvalue weighted by Gasteiger charge is 2.17. The smallest absolute Gasteiger partial charge is 0.0665 e. The van der Waals surface area contributed by atoms with E-state index in [0.29, 0.717) is 0 Å². The van der Waals surface area contributed by atoms with Gasteiger partial charge in [0, 0.05) is 25.4 Å². The van der Waals surface area contributed by atoms with Crippen molar-refractivity contribution in [3.8, 4) is 0 Å². The zero-order valence-electron chi connectivity index (χ0n) is 11.9. The number of hydrogen-bond acceptors (Lipinski definition) is 2. The van der Waals surface area contributed by atoms with E-state index in [2.05, 4.69) is 29.6 Å². The third-order valence-electron chi connectivity index (χ3n) is 3.90. The van der Waals surface area contributed by atoms with Crippen LogP contribution in [0.15, 0.2) is 11.8 Å². The molecule has 0 radical (unpaired) electrons. The van der Waals surface area contributed by atoms with Gasteiger partial charge in [0.2, 0.25) is 0 Å². The van der Waals surface area contributed by atoms with Gasteiger partial charge in [-0.25, -0.2) is 0 Å². The molecule has 1 N–H and O–H groups in total. The molecule has 0 aliphatic heterocycles. The summed E-state index contributed by atoms with van der Waals surface area (Å²) in [6, 6.07) is 0. The van der Waals surface area contributed by atoms with Crippen LogP contribution < -0.4 is 5.32 Å². The number of aromatic nitrogens is 2. The minimum Gasteiger partial charge on any atom is -0.316 e. The zero-order chi connectivity index (χ0) is 13.0. The van der Waals surface area contributed by atoms with Gasteiger partial charge in [-0.15, -0.1) is 0 Å². The molecule has 1 aromatic rings. The van der Waals surface area contributed by atoms with Crippen LogP contribution in [0.1, 0.15) is 43.4 Å². The second kappa shape index (κ2) is 6.19. The van der Waals surface area contributed by atoms with Crippen molar-refractivity contribution in [1.82, 2.24) is 15.1 Å². The number of nitrogens with zero attached hydrogens (tertiary/aromatic N) is 2. The fourth-order valence-electron chi connectivity index (χ4n) is 2.95. The molecule has 0 bridgehead atoms. The van der Waals surface area contributed by atoms with Crippen LogP contribution in [0, 0.1) is 12.8 Å². The lowest BCUT2D eigenvalue weighted by molar-refractivity contribution is 0.398. The third-order valence-corrected chi connectivity index (χ3v) is 3.90. The first-order valence-corrected chi connectivity index (χ1v) is 7.06. The van der Waals surface area contributed by atoms with Crippen LogP contribution in [0.4, 0.5) is 0 Å². The van der Waals surface area contributed by atoms with E-state index in [-0.39, 0.29) is 0 Å². The molecule has 0 amide bonds. The molecule has 1 heterocycles. The number of rotatable bonds is 4. The Bertz CT molecular complexity index is 411. The summed E-state index contributed by atoms with van der Waals surface area (Å²) in [5.74, 6) is 0.769. The van der Waals surface area contributed by atoms with E-state index >= 15 is 0 Å². The van der Waals surface area contributed by atoms with Crippen LogP contribution in [-0.2, 0) is 7.05 Å². The van der Waals surface area contributed by atoms with Crippen molar-refractivity contribution in [1.29, 1.82) is 0 Å². The zero-order valence-corrected chi connectivity index (χ0v) is 11.9. The van der Waals surface area contributed by atoms with E-state index in [1.807, 2.05) is 18.8 Å². The van der Waals surface area contributed by atoms with Crippen LogP contribution in [-0.4, -0.2) is 23.4 Å². The van der Waals surface area contributed by atoms with E-state index in [9.17, 15) is 0 Å². The largest absolute Gasteiger partial charge is 0.316 e. The van der Waals surface area contributed by atoms with Crippen LogP contribution in [0.5, 0.6) is 0 Å². The van der Waals surface area contributed by atoms with Crippen molar-refractivity contribution in [2.45, 2.75) is 39.0 Å². The van der Waals surface area contributed by atoms with E-state index in [1.165, 1.54) is 37.7 Å². The topological polar surface area (TPSA) is 29.9 Å². The predicted molar refractivity (Wildman–Crippen MR) is 76.4 cm³/mol. The minimum atomic E-state index is 0.769. The highest BCUT2D eigenvalue weighted by molar-refractivity contribution is 5.55. The van der Waals surface area contributed by atoms with Gasteiger partial charge in [0.15, 0.2) is 0 Å². The van der Waals surface area contributed by atoms with Crippen molar-refractivity contribution in [3.05, 3.63) is 23.0 Å². The summed E-state index contributed by atoms with van der Waals surface area (Å²) in [5, 5.41) is 7.74. The van der Waals surface area contributed by atoms with Gasteiger partial charge in [-0.05, 0) is 32.7 Å². The van der Waals surface area contributed by atoms with Crippen molar-refractivity contribution >= 4 is 6.08 Å². The maximum Gasteiger partial charge on any atom is 0.0665 e. The fourth-order valence-corrected chi connectivity index (χ4v) is 2.95. The first-order valence-electron chi connectivity index (χ1n) is 7.06. The monoisotopic (exact) mass is 247 g/mol. The highest BCUT2D eigenvalue weighted by atomic mass is 15.2. The standard InChI is InChI=1S/C15H25N3/c1-12-15(11-18(3)17-12)9-14(10-16-2)13-7-5-4-6-8-13/h9,11,13,16H,4-8,10H2,1-3H3. The number of nitrogens with one attached hydrogen (secondary N) is 1. The number of aryl methyl sites for hydroxylation is 2. The van der Waals surface area contributed by atoms with Gasteiger partial charge in [0.05, 0.1) is 5.69 Å². The molecule has 1 aliphatic rings. The molecule has 3 nitrogen and oxygen atoms in total. The maximum atomic E-state index is 4.42. The lowest BCUT2D eigenvalue weighted by Crippen LogP contribution is -2.19.